The molecule has 2 aromatic heterocycles. The van der Waals surface area contributed by atoms with Crippen LogP contribution >= 0.6 is 11.6 Å². The molecule has 1 aliphatic rings. The normalized spacial score (nSPS) is 16.0. The highest BCUT2D eigenvalue weighted by Gasteiger charge is 2.25. The monoisotopic (exact) mass is 394 g/mol. The number of tetrazole rings is 1. The Balaban J connectivity index is 1.40. The maximum Gasteiger partial charge on any atom is 0.192 e. The predicted molar refractivity (Wildman–Crippen MR) is 105 cm³/mol. The zero-order valence-electron chi connectivity index (χ0n) is 15.4. The minimum Gasteiger partial charge on any atom is -0.354 e. The van der Waals surface area contributed by atoms with Crippen LogP contribution in [-0.4, -0.2) is 56.3 Å². The molecule has 1 aliphatic heterocycles. The van der Waals surface area contributed by atoms with Gasteiger partial charge in [-0.05, 0) is 42.5 Å². The Morgan fingerprint density at radius 2 is 1.96 bits per heavy atom. The van der Waals surface area contributed by atoms with Crippen molar-refractivity contribution >= 4 is 17.4 Å². The SMILES string of the molecule is C[C@H](c1nnn(-c2cccc(Cl)c2)n1)N1CCN(c2ccc(C#N)cn2)CC1. The number of halogens is 1. The van der Waals surface area contributed by atoms with Crippen LogP contribution in [-0.2, 0) is 0 Å². The third-order valence-electron chi connectivity index (χ3n) is 4.90. The van der Waals surface area contributed by atoms with Crippen LogP contribution < -0.4 is 4.90 Å². The highest BCUT2D eigenvalue weighted by molar-refractivity contribution is 6.30. The van der Waals surface area contributed by atoms with E-state index in [0.717, 1.165) is 37.7 Å². The molecule has 3 heterocycles. The van der Waals surface area contributed by atoms with Crippen molar-refractivity contribution in [2.24, 2.45) is 0 Å². The summed E-state index contributed by atoms with van der Waals surface area (Å²) >= 11 is 6.04. The standard InChI is InChI=1S/C19H19ClN8/c1-14(19-23-25-28(24-19)17-4-2-3-16(20)11-17)26-7-9-27(10-8-26)18-6-5-15(12-21)13-22-18/h2-6,11,13-14H,7-10H2,1H3/t14-/m1/s1. The molecule has 0 bridgehead atoms. The van der Waals surface area contributed by atoms with Crippen molar-refractivity contribution in [3.8, 4) is 11.8 Å². The van der Waals surface area contributed by atoms with Crippen molar-refractivity contribution in [1.82, 2.24) is 30.1 Å². The number of pyridine rings is 1. The molecule has 0 radical (unpaired) electrons. The lowest BCUT2D eigenvalue weighted by atomic mass is 10.2. The Labute approximate surface area is 168 Å². The first-order valence-corrected chi connectivity index (χ1v) is 9.43. The number of nitrogens with zero attached hydrogens (tertiary/aromatic N) is 8. The molecular formula is C19H19ClN8. The topological polar surface area (TPSA) is 86.8 Å². The quantitative estimate of drug-likeness (QED) is 0.671. The van der Waals surface area contributed by atoms with Gasteiger partial charge in [0.25, 0.3) is 0 Å². The Hall–Kier alpha value is -3.02. The van der Waals surface area contributed by atoms with Gasteiger partial charge in [0.2, 0.25) is 0 Å². The smallest absolute Gasteiger partial charge is 0.192 e. The van der Waals surface area contributed by atoms with Crippen LogP contribution in [0.2, 0.25) is 5.02 Å². The van der Waals surface area contributed by atoms with E-state index in [2.05, 4.69) is 43.2 Å². The van der Waals surface area contributed by atoms with E-state index in [1.165, 1.54) is 4.80 Å². The average molecular weight is 395 g/mol. The molecular weight excluding hydrogens is 376 g/mol. The van der Waals surface area contributed by atoms with Crippen LogP contribution in [0.4, 0.5) is 5.82 Å². The average Bonchev–Trinajstić information content (AvgIpc) is 3.24. The second-order valence-electron chi connectivity index (χ2n) is 6.63. The molecule has 1 saturated heterocycles. The molecule has 0 amide bonds. The first-order chi connectivity index (χ1) is 13.6. The highest BCUT2D eigenvalue weighted by Crippen LogP contribution is 2.21. The van der Waals surface area contributed by atoms with Gasteiger partial charge >= 0.3 is 0 Å². The first-order valence-electron chi connectivity index (χ1n) is 9.05. The number of piperazine rings is 1. The molecule has 0 N–H and O–H groups in total. The lowest BCUT2D eigenvalue weighted by Crippen LogP contribution is -2.47. The van der Waals surface area contributed by atoms with E-state index in [-0.39, 0.29) is 6.04 Å². The number of hydrogen-bond acceptors (Lipinski definition) is 7. The molecule has 1 fully saturated rings. The lowest BCUT2D eigenvalue weighted by Gasteiger charge is -2.37. The van der Waals surface area contributed by atoms with Gasteiger partial charge in [0.15, 0.2) is 5.82 Å². The fourth-order valence-electron chi connectivity index (χ4n) is 3.24. The van der Waals surface area contributed by atoms with E-state index in [9.17, 15) is 0 Å². The molecule has 0 saturated carbocycles. The van der Waals surface area contributed by atoms with E-state index in [1.807, 2.05) is 24.3 Å². The van der Waals surface area contributed by atoms with Gasteiger partial charge in [0.05, 0.1) is 17.3 Å². The summed E-state index contributed by atoms with van der Waals surface area (Å²) < 4.78 is 0. The zero-order valence-corrected chi connectivity index (χ0v) is 16.2. The molecule has 0 spiro atoms. The van der Waals surface area contributed by atoms with Gasteiger partial charge in [0, 0.05) is 37.4 Å². The maximum absolute atomic E-state index is 8.90. The second-order valence-corrected chi connectivity index (χ2v) is 7.07. The molecule has 9 heteroatoms. The van der Waals surface area contributed by atoms with Crippen molar-refractivity contribution in [2.75, 3.05) is 31.1 Å². The summed E-state index contributed by atoms with van der Waals surface area (Å²) in [5.41, 5.74) is 1.36. The fourth-order valence-corrected chi connectivity index (χ4v) is 3.43. The molecule has 142 valence electrons. The van der Waals surface area contributed by atoms with Crippen molar-refractivity contribution in [3.63, 3.8) is 0 Å². The third kappa shape index (κ3) is 3.81. The molecule has 1 aromatic carbocycles. The summed E-state index contributed by atoms with van der Waals surface area (Å²) in [6.45, 7) is 5.54. The number of rotatable bonds is 4. The number of anilines is 1. The molecule has 4 rings (SSSR count). The van der Waals surface area contributed by atoms with E-state index in [4.69, 9.17) is 16.9 Å². The van der Waals surface area contributed by atoms with Gasteiger partial charge in [-0.3, -0.25) is 4.90 Å². The van der Waals surface area contributed by atoms with Crippen molar-refractivity contribution in [1.29, 1.82) is 5.26 Å². The molecule has 1 atom stereocenters. The van der Waals surface area contributed by atoms with E-state index < -0.39 is 0 Å². The largest absolute Gasteiger partial charge is 0.354 e. The molecule has 8 nitrogen and oxygen atoms in total. The van der Waals surface area contributed by atoms with Crippen LogP contribution in [0, 0.1) is 11.3 Å². The minimum atomic E-state index is 0.0593. The fraction of sp³-hybridized carbons (Fsp3) is 0.316. The van der Waals surface area contributed by atoms with Crippen LogP contribution in [0.3, 0.4) is 0 Å². The summed E-state index contributed by atoms with van der Waals surface area (Å²) in [6, 6.07) is 13.2. The van der Waals surface area contributed by atoms with Crippen LogP contribution in [0.1, 0.15) is 24.4 Å². The first kappa shape index (κ1) is 18.3. The summed E-state index contributed by atoms with van der Waals surface area (Å²) in [5.74, 6) is 1.58. The van der Waals surface area contributed by atoms with E-state index in [1.54, 1.807) is 18.3 Å². The number of nitriles is 1. The summed E-state index contributed by atoms with van der Waals surface area (Å²) in [7, 11) is 0. The van der Waals surface area contributed by atoms with Gasteiger partial charge in [-0.1, -0.05) is 17.7 Å². The molecule has 28 heavy (non-hydrogen) atoms. The van der Waals surface area contributed by atoms with E-state index in [0.29, 0.717) is 16.4 Å². The van der Waals surface area contributed by atoms with Gasteiger partial charge < -0.3 is 4.90 Å². The van der Waals surface area contributed by atoms with Crippen LogP contribution in [0.5, 0.6) is 0 Å². The minimum absolute atomic E-state index is 0.0593. The Kier molecular flexibility index (Phi) is 5.19. The van der Waals surface area contributed by atoms with Crippen LogP contribution in [0.15, 0.2) is 42.6 Å². The highest BCUT2D eigenvalue weighted by atomic mass is 35.5. The summed E-state index contributed by atoms with van der Waals surface area (Å²) in [5, 5.41) is 22.5. The predicted octanol–water partition coefficient (Wildman–Crippen LogP) is 2.47. The Morgan fingerprint density at radius 3 is 2.64 bits per heavy atom. The van der Waals surface area contributed by atoms with Gasteiger partial charge in [-0.2, -0.15) is 5.26 Å². The Bertz CT molecular complexity index is 986. The van der Waals surface area contributed by atoms with E-state index >= 15 is 0 Å². The third-order valence-corrected chi connectivity index (χ3v) is 5.14. The maximum atomic E-state index is 8.90. The second kappa shape index (κ2) is 7.92. The van der Waals surface area contributed by atoms with Crippen LogP contribution in [0.25, 0.3) is 5.69 Å². The van der Waals surface area contributed by atoms with Gasteiger partial charge in [-0.25, -0.2) is 4.98 Å². The lowest BCUT2D eigenvalue weighted by molar-refractivity contribution is 0.191. The van der Waals surface area contributed by atoms with Crippen molar-refractivity contribution in [3.05, 3.63) is 59.0 Å². The van der Waals surface area contributed by atoms with Crippen molar-refractivity contribution < 1.29 is 0 Å². The number of benzene rings is 1. The number of aromatic nitrogens is 5. The van der Waals surface area contributed by atoms with Crippen molar-refractivity contribution in [2.45, 2.75) is 13.0 Å². The summed E-state index contributed by atoms with van der Waals surface area (Å²) in [6.07, 6.45) is 1.61. The molecule has 0 unspecified atom stereocenters. The summed E-state index contributed by atoms with van der Waals surface area (Å²) in [4.78, 5) is 10.4. The Morgan fingerprint density at radius 1 is 1.14 bits per heavy atom. The number of hydrogen-bond donors (Lipinski definition) is 0. The molecule has 3 aromatic rings. The van der Waals surface area contributed by atoms with Gasteiger partial charge in [-0.15, -0.1) is 15.0 Å². The molecule has 0 aliphatic carbocycles. The zero-order chi connectivity index (χ0) is 19.5. The van der Waals surface area contributed by atoms with Gasteiger partial charge in [0.1, 0.15) is 11.9 Å².